The molecule has 0 amide bonds. The van der Waals surface area contributed by atoms with Crippen LogP contribution in [0.2, 0.25) is 0 Å². The van der Waals surface area contributed by atoms with Crippen LogP contribution in [0.5, 0.6) is 11.5 Å². The van der Waals surface area contributed by atoms with Gasteiger partial charge in [-0.15, -0.1) is 0 Å². The first-order chi connectivity index (χ1) is 8.77. The summed E-state index contributed by atoms with van der Waals surface area (Å²) in [5.41, 5.74) is 0.776. The Hall–Kier alpha value is -1.29. The van der Waals surface area contributed by atoms with Crippen LogP contribution in [0.3, 0.4) is 0 Å². The zero-order chi connectivity index (χ0) is 13.2. The molecule has 0 spiro atoms. The minimum atomic E-state index is 0.0563. The fraction of sp³-hybridized carbons (Fsp3) is 0.643. The molecule has 0 atom stereocenters. The summed E-state index contributed by atoms with van der Waals surface area (Å²) in [5.74, 6) is 0.493. The molecule has 4 heteroatoms. The smallest absolute Gasteiger partial charge is 0.176 e. The van der Waals surface area contributed by atoms with Gasteiger partial charge in [-0.3, -0.25) is 4.98 Å². The minimum absolute atomic E-state index is 0.0563. The van der Waals surface area contributed by atoms with E-state index in [-0.39, 0.29) is 5.75 Å². The van der Waals surface area contributed by atoms with Gasteiger partial charge in [0, 0.05) is 12.7 Å². The van der Waals surface area contributed by atoms with Crippen LogP contribution in [0.15, 0.2) is 12.3 Å². The Morgan fingerprint density at radius 1 is 1.22 bits per heavy atom. The van der Waals surface area contributed by atoms with Gasteiger partial charge in [0.25, 0.3) is 0 Å². The number of aromatic nitrogens is 1. The van der Waals surface area contributed by atoms with Gasteiger partial charge in [0.2, 0.25) is 0 Å². The number of nitrogens with zero attached hydrogens (tertiary/aromatic N) is 1. The highest BCUT2D eigenvalue weighted by Gasteiger charge is 2.03. The number of rotatable bonds is 9. The van der Waals surface area contributed by atoms with Crippen molar-refractivity contribution < 1.29 is 14.6 Å². The molecule has 0 aliphatic rings. The lowest BCUT2D eigenvalue weighted by Crippen LogP contribution is -1.98. The second-order valence-corrected chi connectivity index (χ2v) is 4.31. The van der Waals surface area contributed by atoms with Gasteiger partial charge in [0.1, 0.15) is 0 Å². The fourth-order valence-corrected chi connectivity index (χ4v) is 1.70. The highest BCUT2D eigenvalue weighted by atomic mass is 16.5. The van der Waals surface area contributed by atoms with Gasteiger partial charge in [-0.25, -0.2) is 0 Å². The van der Waals surface area contributed by atoms with Crippen molar-refractivity contribution >= 4 is 0 Å². The van der Waals surface area contributed by atoms with Crippen molar-refractivity contribution in [2.75, 3.05) is 13.7 Å². The van der Waals surface area contributed by atoms with Gasteiger partial charge >= 0.3 is 0 Å². The molecule has 0 aromatic carbocycles. The van der Waals surface area contributed by atoms with E-state index in [1.807, 2.05) is 0 Å². The molecule has 0 aliphatic carbocycles. The predicted octanol–water partition coefficient (Wildman–Crippen LogP) is 3.28. The molecule has 0 unspecified atom stereocenters. The normalized spacial score (nSPS) is 10.6. The third-order valence-electron chi connectivity index (χ3n) is 2.76. The summed E-state index contributed by atoms with van der Waals surface area (Å²) in [4.78, 5) is 4.08. The van der Waals surface area contributed by atoms with E-state index < -0.39 is 0 Å². The average Bonchev–Trinajstić information content (AvgIpc) is 2.39. The van der Waals surface area contributed by atoms with Crippen LogP contribution in [0.4, 0.5) is 0 Å². The molecule has 102 valence electrons. The van der Waals surface area contributed by atoms with E-state index in [0.717, 1.165) is 18.7 Å². The Morgan fingerprint density at radius 3 is 2.72 bits per heavy atom. The van der Waals surface area contributed by atoms with E-state index in [2.05, 4.69) is 11.9 Å². The second kappa shape index (κ2) is 8.75. The van der Waals surface area contributed by atoms with E-state index in [1.165, 1.54) is 39.0 Å². The average molecular weight is 253 g/mol. The SMILES string of the molecule is CCCCCCCOCc1cc(OC)c(O)cn1. The summed E-state index contributed by atoms with van der Waals surface area (Å²) >= 11 is 0. The molecule has 1 rings (SSSR count). The zero-order valence-corrected chi connectivity index (χ0v) is 11.3. The molecule has 0 aliphatic heterocycles. The fourth-order valence-electron chi connectivity index (χ4n) is 1.70. The molecule has 0 saturated heterocycles. The van der Waals surface area contributed by atoms with Gasteiger partial charge < -0.3 is 14.6 Å². The maximum atomic E-state index is 9.40. The maximum Gasteiger partial charge on any atom is 0.176 e. The van der Waals surface area contributed by atoms with Crippen LogP contribution in [-0.4, -0.2) is 23.8 Å². The number of hydrogen-bond acceptors (Lipinski definition) is 4. The van der Waals surface area contributed by atoms with Gasteiger partial charge in [0.05, 0.1) is 25.6 Å². The first kappa shape index (κ1) is 14.8. The molecule has 1 N–H and O–H groups in total. The Labute approximate surface area is 109 Å². The Bertz CT molecular complexity index is 342. The third-order valence-corrected chi connectivity index (χ3v) is 2.76. The predicted molar refractivity (Wildman–Crippen MR) is 70.9 cm³/mol. The van der Waals surface area contributed by atoms with Crippen LogP contribution < -0.4 is 4.74 Å². The van der Waals surface area contributed by atoms with E-state index in [4.69, 9.17) is 9.47 Å². The van der Waals surface area contributed by atoms with Crippen LogP contribution in [0, 0.1) is 0 Å². The number of hydrogen-bond donors (Lipinski definition) is 1. The van der Waals surface area contributed by atoms with Crippen molar-refractivity contribution in [3.63, 3.8) is 0 Å². The van der Waals surface area contributed by atoms with E-state index in [1.54, 1.807) is 6.07 Å². The molecule has 1 aromatic heterocycles. The van der Waals surface area contributed by atoms with E-state index >= 15 is 0 Å². The van der Waals surface area contributed by atoms with Gasteiger partial charge in [-0.05, 0) is 6.42 Å². The Kier molecular flexibility index (Phi) is 7.18. The summed E-state index contributed by atoms with van der Waals surface area (Å²) in [6, 6.07) is 1.70. The Balaban J connectivity index is 2.19. The largest absolute Gasteiger partial charge is 0.503 e. The second-order valence-electron chi connectivity index (χ2n) is 4.31. The number of aromatic hydroxyl groups is 1. The van der Waals surface area contributed by atoms with Crippen molar-refractivity contribution in [1.29, 1.82) is 0 Å². The molecule has 1 heterocycles. The van der Waals surface area contributed by atoms with Crippen LogP contribution in [0.1, 0.15) is 44.7 Å². The maximum absolute atomic E-state index is 9.40. The van der Waals surface area contributed by atoms with Crippen molar-refractivity contribution in [2.45, 2.75) is 45.6 Å². The summed E-state index contributed by atoms with van der Waals surface area (Å²) in [6.45, 7) is 3.43. The standard InChI is InChI=1S/C14H23NO3/c1-3-4-5-6-7-8-18-11-12-9-14(17-2)13(16)10-15-12/h9-10,16H,3-8,11H2,1-2H3. The van der Waals surface area contributed by atoms with Crippen molar-refractivity contribution in [2.24, 2.45) is 0 Å². The van der Waals surface area contributed by atoms with Crippen molar-refractivity contribution in [3.8, 4) is 11.5 Å². The summed E-state index contributed by atoms with van der Waals surface area (Å²) < 4.78 is 10.6. The van der Waals surface area contributed by atoms with E-state index in [0.29, 0.717) is 12.4 Å². The number of unbranched alkanes of at least 4 members (excludes halogenated alkanes) is 4. The van der Waals surface area contributed by atoms with Crippen LogP contribution in [-0.2, 0) is 11.3 Å². The summed E-state index contributed by atoms with van der Waals surface area (Å²) in [6.07, 6.45) is 7.55. The number of pyridine rings is 1. The highest BCUT2D eigenvalue weighted by Crippen LogP contribution is 2.24. The first-order valence-electron chi connectivity index (χ1n) is 6.57. The Morgan fingerprint density at radius 2 is 2.00 bits per heavy atom. The van der Waals surface area contributed by atoms with Crippen molar-refractivity contribution in [3.05, 3.63) is 18.0 Å². The third kappa shape index (κ3) is 5.36. The monoisotopic (exact) mass is 253 g/mol. The lowest BCUT2D eigenvalue weighted by molar-refractivity contribution is 0.114. The molecule has 0 fully saturated rings. The molecule has 0 saturated carbocycles. The highest BCUT2D eigenvalue weighted by molar-refractivity contribution is 5.37. The molecule has 0 bridgehead atoms. The summed E-state index contributed by atoms with van der Waals surface area (Å²) in [7, 11) is 1.52. The minimum Gasteiger partial charge on any atom is -0.503 e. The number of methoxy groups -OCH3 is 1. The summed E-state index contributed by atoms with van der Waals surface area (Å²) in [5, 5.41) is 9.40. The molecule has 18 heavy (non-hydrogen) atoms. The van der Waals surface area contributed by atoms with Gasteiger partial charge in [-0.1, -0.05) is 32.6 Å². The molecular formula is C14H23NO3. The molecule has 1 aromatic rings. The topological polar surface area (TPSA) is 51.6 Å². The quantitative estimate of drug-likeness (QED) is 0.686. The lowest BCUT2D eigenvalue weighted by atomic mass is 10.2. The van der Waals surface area contributed by atoms with Gasteiger partial charge in [-0.2, -0.15) is 0 Å². The molecule has 0 radical (unpaired) electrons. The van der Waals surface area contributed by atoms with Gasteiger partial charge in [0.15, 0.2) is 11.5 Å². The first-order valence-corrected chi connectivity index (χ1v) is 6.57. The van der Waals surface area contributed by atoms with E-state index in [9.17, 15) is 5.11 Å². The van der Waals surface area contributed by atoms with Crippen molar-refractivity contribution in [1.82, 2.24) is 4.98 Å². The number of ether oxygens (including phenoxy) is 2. The lowest BCUT2D eigenvalue weighted by Gasteiger charge is -2.06. The molecule has 4 nitrogen and oxygen atoms in total. The van der Waals surface area contributed by atoms with Crippen LogP contribution in [0.25, 0.3) is 0 Å². The zero-order valence-electron chi connectivity index (χ0n) is 11.3. The molecular weight excluding hydrogens is 230 g/mol. The van der Waals surface area contributed by atoms with Crippen LogP contribution >= 0.6 is 0 Å².